The Morgan fingerprint density at radius 3 is 2.33 bits per heavy atom. The van der Waals surface area contributed by atoms with Crippen LogP contribution in [0.5, 0.6) is 0 Å². The van der Waals surface area contributed by atoms with Crippen molar-refractivity contribution in [2.24, 2.45) is 11.8 Å². The number of nitrogens with one attached hydrogen (secondary N) is 2. The fraction of sp³-hybridized carbons (Fsp3) is 0.917. The lowest BCUT2D eigenvalue weighted by molar-refractivity contribution is -0.138. The van der Waals surface area contributed by atoms with Gasteiger partial charge in [0.25, 0.3) is 0 Å². The largest absolute Gasteiger partial charge is 0.388 e. The quantitative estimate of drug-likeness (QED) is 0.437. The van der Waals surface area contributed by atoms with Crippen LogP contribution in [0.25, 0.3) is 0 Å². The van der Waals surface area contributed by atoms with E-state index < -0.39 is 24.4 Å². The summed E-state index contributed by atoms with van der Waals surface area (Å²) in [5.41, 5.74) is 0. The Morgan fingerprint density at radius 1 is 0.970 bits per heavy atom. The van der Waals surface area contributed by atoms with Crippen LogP contribution < -0.4 is 10.6 Å². The lowest BCUT2D eigenvalue weighted by Gasteiger charge is -2.41. The highest BCUT2D eigenvalue weighted by atomic mass is 16.5. The zero-order chi connectivity index (χ0) is 23.4. The number of rotatable bonds is 6. The van der Waals surface area contributed by atoms with E-state index in [1.54, 1.807) is 0 Å². The molecule has 2 amide bonds. The Labute approximate surface area is 197 Å². The molecule has 0 aromatic heterocycles. The molecule has 1 saturated carbocycles. The summed E-state index contributed by atoms with van der Waals surface area (Å²) in [7, 11) is 0. The van der Waals surface area contributed by atoms with Crippen LogP contribution in [-0.4, -0.2) is 102 Å². The molecule has 1 aliphatic carbocycles. The second-order valence-electron chi connectivity index (χ2n) is 10.5. The van der Waals surface area contributed by atoms with Gasteiger partial charge in [0, 0.05) is 38.6 Å². The molecule has 3 heterocycles. The monoisotopic (exact) mass is 466 g/mol. The molecule has 0 aromatic carbocycles. The van der Waals surface area contributed by atoms with Crippen molar-refractivity contribution in [2.75, 3.05) is 39.3 Å². The average molecular weight is 467 g/mol. The molecule has 0 radical (unpaired) electrons. The minimum atomic E-state index is -1.13. The van der Waals surface area contributed by atoms with Gasteiger partial charge in [0.05, 0.1) is 18.7 Å². The fourth-order valence-corrected chi connectivity index (χ4v) is 5.76. The van der Waals surface area contributed by atoms with E-state index in [2.05, 4.69) is 22.5 Å². The van der Waals surface area contributed by atoms with E-state index >= 15 is 0 Å². The number of nitrogens with zero attached hydrogens (tertiary/aromatic N) is 2. The summed E-state index contributed by atoms with van der Waals surface area (Å²) in [6.07, 6.45) is 4.34. The molecule has 4 aliphatic rings. The number of ether oxygens (including phenoxy) is 1. The highest BCUT2D eigenvalue weighted by Gasteiger charge is 2.44. The van der Waals surface area contributed by atoms with Crippen molar-refractivity contribution in [1.29, 1.82) is 0 Å². The van der Waals surface area contributed by atoms with E-state index in [0.29, 0.717) is 25.2 Å². The maximum atomic E-state index is 12.8. The van der Waals surface area contributed by atoms with E-state index in [4.69, 9.17) is 4.74 Å². The number of carbonyl (C=O) groups is 2. The van der Waals surface area contributed by atoms with Gasteiger partial charge in [-0.05, 0) is 57.4 Å². The molecule has 188 valence electrons. The Kier molecular flexibility index (Phi) is 8.62. The molecule has 5 atom stereocenters. The Bertz CT molecular complexity index is 657. The summed E-state index contributed by atoms with van der Waals surface area (Å²) in [6.45, 7) is 6.45. The summed E-state index contributed by atoms with van der Waals surface area (Å²) in [6, 6.07) is 0. The molecule has 4 fully saturated rings. The minimum absolute atomic E-state index is 0.00274. The average Bonchev–Trinajstić information content (AvgIpc) is 3.11. The molecule has 0 aromatic rings. The Hall–Kier alpha value is -1.26. The van der Waals surface area contributed by atoms with Crippen LogP contribution in [0.15, 0.2) is 0 Å². The van der Waals surface area contributed by atoms with Crippen molar-refractivity contribution < 1.29 is 24.5 Å². The van der Waals surface area contributed by atoms with Crippen molar-refractivity contribution >= 4 is 11.8 Å². The smallest absolute Gasteiger partial charge is 0.225 e. The molecule has 3 aliphatic heterocycles. The van der Waals surface area contributed by atoms with Crippen molar-refractivity contribution in [1.82, 2.24) is 20.4 Å². The molecule has 33 heavy (non-hydrogen) atoms. The second kappa shape index (κ2) is 11.4. The van der Waals surface area contributed by atoms with Crippen LogP contribution in [0.4, 0.5) is 0 Å². The molecule has 0 bridgehead atoms. The van der Waals surface area contributed by atoms with Crippen molar-refractivity contribution in [3.63, 3.8) is 0 Å². The number of piperidine rings is 1. The summed E-state index contributed by atoms with van der Waals surface area (Å²) >= 11 is 0. The van der Waals surface area contributed by atoms with Gasteiger partial charge in [-0.25, -0.2) is 0 Å². The number of carbonyl (C=O) groups excluding carboxylic acids is 2. The molecule has 9 heteroatoms. The predicted octanol–water partition coefficient (Wildman–Crippen LogP) is 0.0520. The summed E-state index contributed by atoms with van der Waals surface area (Å²) < 4.78 is 5.84. The summed E-state index contributed by atoms with van der Waals surface area (Å²) in [5, 5.41) is 27.3. The first-order chi connectivity index (χ1) is 15.9. The first-order valence-corrected chi connectivity index (χ1v) is 13.0. The zero-order valence-electron chi connectivity index (χ0n) is 20.0. The highest BCUT2D eigenvalue weighted by molar-refractivity contribution is 5.78. The molecule has 0 spiro atoms. The first kappa shape index (κ1) is 24.9. The zero-order valence-corrected chi connectivity index (χ0v) is 20.0. The minimum Gasteiger partial charge on any atom is -0.388 e. The third kappa shape index (κ3) is 6.25. The number of hydrogen-bond donors (Lipinski definition) is 4. The van der Waals surface area contributed by atoms with Crippen LogP contribution in [0.2, 0.25) is 0 Å². The van der Waals surface area contributed by atoms with Gasteiger partial charge in [-0.1, -0.05) is 6.92 Å². The number of aliphatic hydroxyl groups is 2. The molecule has 4 N–H and O–H groups in total. The first-order valence-electron chi connectivity index (χ1n) is 13.0. The SMILES string of the molecule is CC1CCC(C(=O)NCC2OC(CC(=O)N3CCN(C4CCCCN4)CC3)C(O)C2O)CC1. The fourth-order valence-electron chi connectivity index (χ4n) is 5.76. The lowest BCUT2D eigenvalue weighted by Crippen LogP contribution is -2.57. The number of amides is 2. The lowest BCUT2D eigenvalue weighted by atomic mass is 9.82. The van der Waals surface area contributed by atoms with E-state index in [9.17, 15) is 19.8 Å². The number of hydrogen-bond acceptors (Lipinski definition) is 7. The third-order valence-electron chi connectivity index (χ3n) is 8.09. The molecular weight excluding hydrogens is 424 g/mol. The maximum absolute atomic E-state index is 12.8. The van der Waals surface area contributed by atoms with E-state index in [-0.39, 0.29) is 30.7 Å². The van der Waals surface area contributed by atoms with E-state index in [0.717, 1.165) is 51.7 Å². The van der Waals surface area contributed by atoms with Crippen LogP contribution >= 0.6 is 0 Å². The van der Waals surface area contributed by atoms with Gasteiger partial charge in [-0.3, -0.25) is 14.5 Å². The van der Waals surface area contributed by atoms with Crippen molar-refractivity contribution in [3.05, 3.63) is 0 Å². The molecule has 9 nitrogen and oxygen atoms in total. The van der Waals surface area contributed by atoms with Gasteiger partial charge in [-0.15, -0.1) is 0 Å². The van der Waals surface area contributed by atoms with Gasteiger partial charge in [0.1, 0.15) is 18.3 Å². The van der Waals surface area contributed by atoms with E-state index in [1.165, 1.54) is 12.8 Å². The third-order valence-corrected chi connectivity index (χ3v) is 8.09. The highest BCUT2D eigenvalue weighted by Crippen LogP contribution is 2.29. The molecule has 3 saturated heterocycles. The van der Waals surface area contributed by atoms with Gasteiger partial charge in [0.2, 0.25) is 11.8 Å². The van der Waals surface area contributed by atoms with Gasteiger partial charge < -0.3 is 30.5 Å². The van der Waals surface area contributed by atoms with E-state index in [1.807, 2.05) is 4.90 Å². The normalized spacial score (nSPS) is 38.3. The second-order valence-corrected chi connectivity index (χ2v) is 10.5. The van der Waals surface area contributed by atoms with Gasteiger partial charge in [-0.2, -0.15) is 0 Å². The summed E-state index contributed by atoms with van der Waals surface area (Å²) in [4.78, 5) is 29.6. The predicted molar refractivity (Wildman–Crippen MR) is 123 cm³/mol. The Morgan fingerprint density at radius 2 is 1.67 bits per heavy atom. The standard InChI is InChI=1S/C24H42N4O5/c1-16-5-7-17(8-6-16)24(32)26-15-19-23(31)22(30)18(33-19)14-21(29)28-12-10-27(11-13-28)20-4-2-3-9-25-20/h16-20,22-23,25,30-31H,2-15H2,1H3,(H,26,32). The summed E-state index contributed by atoms with van der Waals surface area (Å²) in [5.74, 6) is 0.638. The number of piperazine rings is 1. The van der Waals surface area contributed by atoms with Crippen LogP contribution in [0.1, 0.15) is 58.3 Å². The van der Waals surface area contributed by atoms with Crippen LogP contribution in [0.3, 0.4) is 0 Å². The van der Waals surface area contributed by atoms with Gasteiger partial charge >= 0.3 is 0 Å². The van der Waals surface area contributed by atoms with Crippen LogP contribution in [-0.2, 0) is 14.3 Å². The topological polar surface area (TPSA) is 114 Å². The Balaban J connectivity index is 1.19. The maximum Gasteiger partial charge on any atom is 0.225 e. The van der Waals surface area contributed by atoms with Crippen LogP contribution in [0, 0.1) is 11.8 Å². The molecular formula is C24H42N4O5. The molecule has 4 rings (SSSR count). The van der Waals surface area contributed by atoms with Crippen molar-refractivity contribution in [2.45, 2.75) is 88.9 Å². The molecule has 5 unspecified atom stereocenters. The number of aliphatic hydroxyl groups excluding tert-OH is 2. The van der Waals surface area contributed by atoms with Gasteiger partial charge in [0.15, 0.2) is 0 Å². The van der Waals surface area contributed by atoms with Crippen molar-refractivity contribution in [3.8, 4) is 0 Å².